The lowest BCUT2D eigenvalue weighted by Crippen LogP contribution is -2.51. The van der Waals surface area contributed by atoms with Gasteiger partial charge in [-0.05, 0) is 61.4 Å². The predicted octanol–water partition coefficient (Wildman–Crippen LogP) is 4.84. The molecule has 3 aromatic rings. The second-order valence-corrected chi connectivity index (χ2v) is 11.1. The van der Waals surface area contributed by atoms with Crippen molar-refractivity contribution in [1.82, 2.24) is 10.2 Å². The normalized spacial score (nSPS) is 11.9. The molecule has 38 heavy (non-hydrogen) atoms. The lowest BCUT2D eigenvalue weighted by molar-refractivity contribution is -0.139. The Hall–Kier alpha value is -3.56. The van der Waals surface area contributed by atoms with Gasteiger partial charge in [0.2, 0.25) is 21.8 Å². The number of anilines is 1. The molecule has 0 heterocycles. The molecule has 202 valence electrons. The molecule has 3 rings (SSSR count). The Bertz CT molecular complexity index is 1330. The minimum atomic E-state index is -3.84. The van der Waals surface area contributed by atoms with Gasteiger partial charge in [-0.3, -0.25) is 13.9 Å². The molecule has 0 aliphatic heterocycles. The molecule has 2 amide bonds. The van der Waals surface area contributed by atoms with E-state index in [9.17, 15) is 18.0 Å². The number of nitrogens with zero attached hydrogens (tertiary/aromatic N) is 2. The zero-order valence-corrected chi connectivity index (χ0v) is 23.2. The van der Waals surface area contributed by atoms with Gasteiger partial charge in [0.1, 0.15) is 24.1 Å². The lowest BCUT2D eigenvalue weighted by Gasteiger charge is -2.31. The van der Waals surface area contributed by atoms with Gasteiger partial charge in [-0.1, -0.05) is 54.9 Å². The molecule has 10 heteroatoms. The van der Waals surface area contributed by atoms with E-state index in [0.29, 0.717) is 34.3 Å². The van der Waals surface area contributed by atoms with Gasteiger partial charge in [0.15, 0.2) is 0 Å². The van der Waals surface area contributed by atoms with Crippen molar-refractivity contribution in [3.8, 4) is 11.5 Å². The highest BCUT2D eigenvalue weighted by Crippen LogP contribution is 2.26. The van der Waals surface area contributed by atoms with E-state index in [1.54, 1.807) is 67.6 Å². The SMILES string of the molecule is CCCNC(=O)[C@@H](C)N(Cc1ccccc1Cl)C(=O)CN(c1ccc(Oc2ccccc2)cc1)S(C)(=O)=O. The van der Waals surface area contributed by atoms with Gasteiger partial charge in [-0.15, -0.1) is 0 Å². The standard InChI is InChI=1S/C28H32ClN3O5S/c1-4-18-30-28(34)21(2)31(19-22-10-8-9-13-26(22)29)27(33)20-32(38(3,35)36)23-14-16-25(17-15-23)37-24-11-6-5-7-12-24/h5-17,21H,4,18-20H2,1-3H3,(H,30,34)/t21-/m1/s1. The van der Waals surface area contributed by atoms with Crippen LogP contribution in [0.5, 0.6) is 11.5 Å². The summed E-state index contributed by atoms with van der Waals surface area (Å²) in [7, 11) is -3.84. The number of rotatable bonds is 12. The maximum Gasteiger partial charge on any atom is 0.244 e. The predicted molar refractivity (Wildman–Crippen MR) is 150 cm³/mol. The number of ether oxygens (including phenoxy) is 1. The van der Waals surface area contributed by atoms with E-state index < -0.39 is 28.5 Å². The lowest BCUT2D eigenvalue weighted by atomic mass is 10.1. The Morgan fingerprint density at radius 1 is 0.947 bits per heavy atom. The maximum atomic E-state index is 13.6. The van der Waals surface area contributed by atoms with Crippen molar-refractivity contribution in [2.75, 3.05) is 23.7 Å². The molecule has 0 spiro atoms. The summed E-state index contributed by atoms with van der Waals surface area (Å²) in [5.74, 6) is 0.280. The second kappa shape index (κ2) is 13.3. The molecule has 0 radical (unpaired) electrons. The third-order valence-corrected chi connectivity index (χ3v) is 7.31. The number of nitrogens with one attached hydrogen (secondary N) is 1. The number of hydrogen-bond donors (Lipinski definition) is 1. The van der Waals surface area contributed by atoms with Gasteiger partial charge >= 0.3 is 0 Å². The van der Waals surface area contributed by atoms with Crippen LogP contribution in [0.1, 0.15) is 25.8 Å². The first-order valence-corrected chi connectivity index (χ1v) is 14.4. The molecule has 0 aliphatic carbocycles. The molecule has 1 N–H and O–H groups in total. The molecule has 1 atom stereocenters. The van der Waals surface area contributed by atoms with Crippen molar-refractivity contribution in [2.24, 2.45) is 0 Å². The quantitative estimate of drug-likeness (QED) is 0.344. The van der Waals surface area contributed by atoms with Crippen molar-refractivity contribution in [1.29, 1.82) is 0 Å². The summed E-state index contributed by atoms with van der Waals surface area (Å²) in [6.45, 7) is 3.55. The molecule has 8 nitrogen and oxygen atoms in total. The Morgan fingerprint density at radius 2 is 1.55 bits per heavy atom. The highest BCUT2D eigenvalue weighted by Gasteiger charge is 2.30. The van der Waals surface area contributed by atoms with E-state index in [-0.39, 0.29) is 12.5 Å². The number of benzene rings is 3. The third kappa shape index (κ3) is 7.97. The van der Waals surface area contributed by atoms with Crippen LogP contribution in [-0.4, -0.2) is 50.5 Å². The topological polar surface area (TPSA) is 96.0 Å². The number of para-hydroxylation sites is 1. The zero-order valence-electron chi connectivity index (χ0n) is 21.6. The van der Waals surface area contributed by atoms with Crippen molar-refractivity contribution in [3.05, 3.63) is 89.4 Å². The van der Waals surface area contributed by atoms with Crippen molar-refractivity contribution in [3.63, 3.8) is 0 Å². The van der Waals surface area contributed by atoms with Crippen LogP contribution in [0.2, 0.25) is 5.02 Å². The smallest absolute Gasteiger partial charge is 0.244 e. The Morgan fingerprint density at radius 3 is 2.16 bits per heavy atom. The molecule has 0 bridgehead atoms. The number of hydrogen-bond acceptors (Lipinski definition) is 5. The maximum absolute atomic E-state index is 13.6. The summed E-state index contributed by atoms with van der Waals surface area (Å²) in [4.78, 5) is 27.7. The number of sulfonamides is 1. The van der Waals surface area contributed by atoms with E-state index in [1.165, 1.54) is 4.90 Å². The van der Waals surface area contributed by atoms with Crippen LogP contribution in [0.15, 0.2) is 78.9 Å². The summed E-state index contributed by atoms with van der Waals surface area (Å²) in [6.07, 6.45) is 1.77. The van der Waals surface area contributed by atoms with Crippen LogP contribution < -0.4 is 14.4 Å². The number of halogens is 1. The summed E-state index contributed by atoms with van der Waals surface area (Å²) in [6, 6.07) is 21.8. The summed E-state index contributed by atoms with van der Waals surface area (Å²) in [5, 5.41) is 3.24. The molecule has 0 saturated heterocycles. The van der Waals surface area contributed by atoms with Crippen LogP contribution in [-0.2, 0) is 26.2 Å². The van der Waals surface area contributed by atoms with Crippen molar-refractivity contribution >= 4 is 39.1 Å². The van der Waals surface area contributed by atoms with Gasteiger partial charge in [0, 0.05) is 18.1 Å². The fourth-order valence-electron chi connectivity index (χ4n) is 3.71. The summed E-state index contributed by atoms with van der Waals surface area (Å²) in [5.41, 5.74) is 0.938. The largest absolute Gasteiger partial charge is 0.457 e. The third-order valence-electron chi connectivity index (χ3n) is 5.80. The van der Waals surface area contributed by atoms with Crippen LogP contribution in [0.4, 0.5) is 5.69 Å². The first-order chi connectivity index (χ1) is 18.1. The minimum Gasteiger partial charge on any atom is -0.457 e. The van der Waals surface area contributed by atoms with Crippen LogP contribution in [0, 0.1) is 0 Å². The van der Waals surface area contributed by atoms with E-state index in [2.05, 4.69) is 5.32 Å². The van der Waals surface area contributed by atoms with Crippen molar-refractivity contribution in [2.45, 2.75) is 32.9 Å². The molecule has 0 aliphatic rings. The van der Waals surface area contributed by atoms with Crippen LogP contribution in [0.25, 0.3) is 0 Å². The fourth-order valence-corrected chi connectivity index (χ4v) is 4.75. The highest BCUT2D eigenvalue weighted by atomic mass is 35.5. The van der Waals surface area contributed by atoms with E-state index in [1.807, 2.05) is 25.1 Å². The molecular formula is C28H32ClN3O5S. The van der Waals surface area contributed by atoms with Gasteiger partial charge in [0.25, 0.3) is 0 Å². The van der Waals surface area contributed by atoms with Gasteiger partial charge < -0.3 is 15.0 Å². The summed E-state index contributed by atoms with van der Waals surface area (Å²) < 4.78 is 32.3. The first-order valence-electron chi connectivity index (χ1n) is 12.2. The Labute approximate surface area is 229 Å². The highest BCUT2D eigenvalue weighted by molar-refractivity contribution is 7.92. The average Bonchev–Trinajstić information content (AvgIpc) is 2.90. The van der Waals surface area contributed by atoms with Crippen LogP contribution in [0.3, 0.4) is 0 Å². The monoisotopic (exact) mass is 557 g/mol. The molecule has 3 aromatic carbocycles. The first kappa shape index (κ1) is 29.0. The molecule has 0 saturated carbocycles. The molecule has 0 aromatic heterocycles. The second-order valence-electron chi connectivity index (χ2n) is 8.76. The van der Waals surface area contributed by atoms with Gasteiger partial charge in [-0.25, -0.2) is 8.42 Å². The Balaban J connectivity index is 1.86. The molecular weight excluding hydrogens is 526 g/mol. The number of amides is 2. The molecule has 0 fully saturated rings. The van der Waals surface area contributed by atoms with Gasteiger partial charge in [-0.2, -0.15) is 0 Å². The van der Waals surface area contributed by atoms with E-state index in [4.69, 9.17) is 16.3 Å². The Kier molecular flexibility index (Phi) is 10.2. The zero-order chi connectivity index (χ0) is 27.7. The van der Waals surface area contributed by atoms with Crippen LogP contribution >= 0.6 is 11.6 Å². The number of carbonyl (C=O) groups is 2. The van der Waals surface area contributed by atoms with E-state index in [0.717, 1.165) is 17.0 Å². The summed E-state index contributed by atoms with van der Waals surface area (Å²) >= 11 is 6.33. The van der Waals surface area contributed by atoms with E-state index >= 15 is 0 Å². The van der Waals surface area contributed by atoms with Gasteiger partial charge in [0.05, 0.1) is 11.9 Å². The molecule has 0 unspecified atom stereocenters. The number of carbonyl (C=O) groups excluding carboxylic acids is 2. The minimum absolute atomic E-state index is 0.0423. The van der Waals surface area contributed by atoms with Crippen molar-refractivity contribution < 1.29 is 22.7 Å². The fraction of sp³-hybridized carbons (Fsp3) is 0.286. The average molecular weight is 558 g/mol.